The summed E-state index contributed by atoms with van der Waals surface area (Å²) in [5.74, 6) is 0.283. The van der Waals surface area contributed by atoms with Gasteiger partial charge in [0.2, 0.25) is 0 Å². The van der Waals surface area contributed by atoms with Crippen LogP contribution in [0.4, 0.5) is 0 Å². The molecule has 3 rings (SSSR count). The molecule has 27 heavy (non-hydrogen) atoms. The molecule has 0 unspecified atom stereocenters. The number of nitrogens with zero attached hydrogens (tertiary/aromatic N) is 2. The Hall–Kier alpha value is -2.17. The van der Waals surface area contributed by atoms with E-state index in [2.05, 4.69) is 49.9 Å². The molecule has 1 saturated heterocycles. The highest BCUT2D eigenvalue weighted by atomic mass is 16.2. The second kappa shape index (κ2) is 8.68. The van der Waals surface area contributed by atoms with Crippen molar-refractivity contribution in [2.24, 2.45) is 5.73 Å². The van der Waals surface area contributed by atoms with E-state index in [9.17, 15) is 4.79 Å². The molecule has 0 spiro atoms. The van der Waals surface area contributed by atoms with Crippen LogP contribution in [0.1, 0.15) is 48.2 Å². The topological polar surface area (TPSA) is 49.6 Å². The molecule has 1 aliphatic rings. The maximum absolute atomic E-state index is 12.9. The van der Waals surface area contributed by atoms with Crippen molar-refractivity contribution in [2.75, 3.05) is 19.6 Å². The predicted molar refractivity (Wildman–Crippen MR) is 111 cm³/mol. The highest BCUT2D eigenvalue weighted by Gasteiger charge is 2.34. The number of carbonyl (C=O) groups excluding carboxylic acids is 1. The van der Waals surface area contributed by atoms with Gasteiger partial charge in [-0.05, 0) is 43.7 Å². The van der Waals surface area contributed by atoms with E-state index >= 15 is 0 Å². The van der Waals surface area contributed by atoms with Crippen LogP contribution in [-0.4, -0.2) is 47.4 Å². The Bertz CT molecular complexity index is 742. The summed E-state index contributed by atoms with van der Waals surface area (Å²) in [7, 11) is 0. The van der Waals surface area contributed by atoms with Gasteiger partial charge in [0.1, 0.15) is 0 Å². The third kappa shape index (κ3) is 4.57. The van der Waals surface area contributed by atoms with Crippen LogP contribution < -0.4 is 5.73 Å². The van der Waals surface area contributed by atoms with Crippen molar-refractivity contribution >= 4 is 5.91 Å². The third-order valence-corrected chi connectivity index (χ3v) is 5.60. The van der Waals surface area contributed by atoms with E-state index in [0.717, 1.165) is 18.7 Å². The summed E-state index contributed by atoms with van der Waals surface area (Å²) < 4.78 is 0. The van der Waals surface area contributed by atoms with Crippen molar-refractivity contribution in [3.63, 3.8) is 0 Å². The van der Waals surface area contributed by atoms with Gasteiger partial charge in [-0.25, -0.2) is 0 Å². The van der Waals surface area contributed by atoms with E-state index in [-0.39, 0.29) is 17.9 Å². The van der Waals surface area contributed by atoms with E-state index < -0.39 is 0 Å². The van der Waals surface area contributed by atoms with Crippen molar-refractivity contribution in [3.8, 4) is 0 Å². The largest absolute Gasteiger partial charge is 0.336 e. The molecule has 0 aliphatic carbocycles. The van der Waals surface area contributed by atoms with Gasteiger partial charge in [-0.1, -0.05) is 49.4 Å². The fraction of sp³-hybridized carbons (Fsp3) is 0.435. The lowest BCUT2D eigenvalue weighted by atomic mass is 9.95. The maximum Gasteiger partial charge on any atom is 0.253 e. The Morgan fingerprint density at radius 3 is 2.37 bits per heavy atom. The first kappa shape index (κ1) is 19.6. The predicted octanol–water partition coefficient (Wildman–Crippen LogP) is 3.48. The first-order valence-corrected chi connectivity index (χ1v) is 9.92. The molecule has 144 valence electrons. The summed E-state index contributed by atoms with van der Waals surface area (Å²) in [4.78, 5) is 17.2. The highest BCUT2D eigenvalue weighted by Crippen LogP contribution is 2.27. The van der Waals surface area contributed by atoms with Crippen molar-refractivity contribution in [1.82, 2.24) is 9.80 Å². The van der Waals surface area contributed by atoms with Gasteiger partial charge in [-0.2, -0.15) is 0 Å². The Balaban J connectivity index is 1.66. The summed E-state index contributed by atoms with van der Waals surface area (Å²) in [5, 5.41) is 0. The number of nitrogens with two attached hydrogens (primary N) is 1. The average Bonchev–Trinajstić information content (AvgIpc) is 3.08. The Morgan fingerprint density at radius 2 is 1.78 bits per heavy atom. The second-order valence-electron chi connectivity index (χ2n) is 7.74. The van der Waals surface area contributed by atoms with Gasteiger partial charge in [-0.15, -0.1) is 0 Å². The fourth-order valence-corrected chi connectivity index (χ4v) is 3.88. The van der Waals surface area contributed by atoms with Gasteiger partial charge in [0.05, 0.1) is 0 Å². The van der Waals surface area contributed by atoms with Crippen LogP contribution in [0.15, 0.2) is 54.6 Å². The average molecular weight is 366 g/mol. The lowest BCUT2D eigenvalue weighted by Gasteiger charge is -2.24. The number of hydrogen-bond donors (Lipinski definition) is 1. The Morgan fingerprint density at radius 1 is 1.11 bits per heavy atom. The molecule has 1 fully saturated rings. The molecule has 1 aliphatic heterocycles. The zero-order valence-electron chi connectivity index (χ0n) is 16.6. The number of hydrogen-bond acceptors (Lipinski definition) is 3. The van der Waals surface area contributed by atoms with E-state index in [1.165, 1.54) is 11.1 Å². The standard InChI is InChI=1S/C23H31N3O/c1-4-25(17(2)3)14-18-10-12-20(13-11-18)23(27)26-15-21(22(24)16-26)19-8-6-5-7-9-19/h5-13,17,21-22H,4,14-16,24H2,1-3H3/t21-,22+/m0/s1. The molecule has 2 N–H and O–H groups in total. The summed E-state index contributed by atoms with van der Waals surface area (Å²) in [6, 6.07) is 18.8. The molecular weight excluding hydrogens is 334 g/mol. The number of amides is 1. The molecule has 0 saturated carbocycles. The number of likely N-dealkylation sites (tertiary alicyclic amines) is 1. The van der Waals surface area contributed by atoms with Gasteiger partial charge in [-0.3, -0.25) is 9.69 Å². The van der Waals surface area contributed by atoms with E-state index in [1.807, 2.05) is 35.2 Å². The SMILES string of the molecule is CCN(Cc1ccc(C(=O)N2C[C@@H](N)[C@H](c3ccccc3)C2)cc1)C(C)C. The number of benzene rings is 2. The highest BCUT2D eigenvalue weighted by molar-refractivity contribution is 5.94. The van der Waals surface area contributed by atoms with Crippen molar-refractivity contribution in [1.29, 1.82) is 0 Å². The van der Waals surface area contributed by atoms with Gasteiger partial charge in [0.15, 0.2) is 0 Å². The van der Waals surface area contributed by atoms with Crippen LogP contribution in [0.2, 0.25) is 0 Å². The van der Waals surface area contributed by atoms with Crippen LogP contribution in [0.25, 0.3) is 0 Å². The molecule has 2 atom stereocenters. The first-order chi connectivity index (χ1) is 13.0. The quantitative estimate of drug-likeness (QED) is 0.853. The smallest absolute Gasteiger partial charge is 0.253 e. The summed E-state index contributed by atoms with van der Waals surface area (Å²) in [5.41, 5.74) is 9.53. The Labute approximate surface area is 163 Å². The van der Waals surface area contributed by atoms with Crippen LogP contribution in [0.3, 0.4) is 0 Å². The molecule has 4 heteroatoms. The zero-order valence-corrected chi connectivity index (χ0v) is 16.6. The number of carbonyl (C=O) groups is 1. The first-order valence-electron chi connectivity index (χ1n) is 9.92. The van der Waals surface area contributed by atoms with Crippen molar-refractivity contribution in [2.45, 2.75) is 45.3 Å². The zero-order chi connectivity index (χ0) is 19.4. The van der Waals surface area contributed by atoms with E-state index in [0.29, 0.717) is 19.1 Å². The van der Waals surface area contributed by atoms with Crippen LogP contribution >= 0.6 is 0 Å². The van der Waals surface area contributed by atoms with Crippen LogP contribution in [0, 0.1) is 0 Å². The summed E-state index contributed by atoms with van der Waals surface area (Å²) in [6.45, 7) is 9.82. The lowest BCUT2D eigenvalue weighted by molar-refractivity contribution is 0.0789. The fourth-order valence-electron chi connectivity index (χ4n) is 3.88. The van der Waals surface area contributed by atoms with Crippen molar-refractivity contribution in [3.05, 3.63) is 71.3 Å². The minimum absolute atomic E-state index is 0.0141. The molecule has 0 bridgehead atoms. The van der Waals surface area contributed by atoms with Crippen LogP contribution in [0.5, 0.6) is 0 Å². The van der Waals surface area contributed by atoms with Gasteiger partial charge >= 0.3 is 0 Å². The van der Waals surface area contributed by atoms with Gasteiger partial charge in [0, 0.05) is 43.2 Å². The van der Waals surface area contributed by atoms with Crippen molar-refractivity contribution < 1.29 is 4.79 Å². The molecule has 0 aromatic heterocycles. The lowest BCUT2D eigenvalue weighted by Crippen LogP contribution is -2.32. The number of rotatable bonds is 6. The minimum atomic E-state index is -0.0141. The van der Waals surface area contributed by atoms with E-state index in [1.54, 1.807) is 0 Å². The molecule has 2 aromatic carbocycles. The Kier molecular flexibility index (Phi) is 6.30. The van der Waals surface area contributed by atoms with Gasteiger partial charge in [0.25, 0.3) is 5.91 Å². The van der Waals surface area contributed by atoms with Gasteiger partial charge < -0.3 is 10.6 Å². The second-order valence-corrected chi connectivity index (χ2v) is 7.74. The molecule has 2 aromatic rings. The maximum atomic E-state index is 12.9. The minimum Gasteiger partial charge on any atom is -0.336 e. The summed E-state index contributed by atoms with van der Waals surface area (Å²) >= 11 is 0. The molecule has 4 nitrogen and oxygen atoms in total. The molecule has 1 heterocycles. The summed E-state index contributed by atoms with van der Waals surface area (Å²) in [6.07, 6.45) is 0. The van der Waals surface area contributed by atoms with E-state index in [4.69, 9.17) is 5.73 Å². The monoisotopic (exact) mass is 365 g/mol. The molecular formula is C23H31N3O. The normalized spacial score (nSPS) is 19.9. The molecule has 0 radical (unpaired) electrons. The third-order valence-electron chi connectivity index (χ3n) is 5.60. The molecule has 1 amide bonds. The van der Waals surface area contributed by atoms with Crippen LogP contribution in [-0.2, 0) is 6.54 Å².